The summed E-state index contributed by atoms with van der Waals surface area (Å²) in [7, 11) is 3.29. The topological polar surface area (TPSA) is 71.5 Å². The SMILES string of the molecule is COC1CC2C(=O)N(CCCN3CCN(c4ccccc4OC(C)C)CC3)C(=O)C2CC1OC.Cl. The Kier molecular flexibility index (Phi) is 9.81. The highest BCUT2D eigenvalue weighted by atomic mass is 35.5. The van der Waals surface area contributed by atoms with Crippen molar-refractivity contribution in [3.63, 3.8) is 0 Å². The molecule has 2 aliphatic heterocycles. The highest BCUT2D eigenvalue weighted by molar-refractivity contribution is 6.05. The van der Waals surface area contributed by atoms with Crippen molar-refractivity contribution in [3.8, 4) is 5.75 Å². The Morgan fingerprint density at radius 1 is 0.886 bits per heavy atom. The largest absolute Gasteiger partial charge is 0.489 e. The molecule has 0 aromatic heterocycles. The fraction of sp³-hybridized carbons (Fsp3) is 0.692. The van der Waals surface area contributed by atoms with Crippen LogP contribution in [0.3, 0.4) is 0 Å². The summed E-state index contributed by atoms with van der Waals surface area (Å²) in [5.74, 6) is 0.349. The number of hydrogen-bond donors (Lipinski definition) is 0. The Hall–Kier alpha value is -1.87. The average Bonchev–Trinajstić information content (AvgIpc) is 3.07. The van der Waals surface area contributed by atoms with E-state index in [2.05, 4.69) is 21.9 Å². The number of rotatable bonds is 9. The highest BCUT2D eigenvalue weighted by Crippen LogP contribution is 2.40. The summed E-state index contributed by atoms with van der Waals surface area (Å²) >= 11 is 0. The predicted molar refractivity (Wildman–Crippen MR) is 137 cm³/mol. The normalized spacial score (nSPS) is 27.2. The van der Waals surface area contributed by atoms with Crippen LogP contribution in [0.2, 0.25) is 0 Å². The molecular formula is C26H40ClN3O5. The number of likely N-dealkylation sites (tertiary alicyclic amines) is 1. The second kappa shape index (κ2) is 12.4. The lowest BCUT2D eigenvalue weighted by molar-refractivity contribution is -0.140. The van der Waals surface area contributed by atoms with Crippen LogP contribution < -0.4 is 9.64 Å². The summed E-state index contributed by atoms with van der Waals surface area (Å²) in [6.45, 7) is 9.23. The number of fused-ring (bicyclic) bond motifs is 1. The van der Waals surface area contributed by atoms with Gasteiger partial charge in [0.15, 0.2) is 0 Å². The first-order valence-corrected chi connectivity index (χ1v) is 12.6. The maximum absolute atomic E-state index is 13.0. The Morgan fingerprint density at radius 2 is 1.46 bits per heavy atom. The van der Waals surface area contributed by atoms with Gasteiger partial charge < -0.3 is 19.1 Å². The summed E-state index contributed by atoms with van der Waals surface area (Å²) in [5, 5.41) is 0. The monoisotopic (exact) mass is 509 g/mol. The van der Waals surface area contributed by atoms with Crippen molar-refractivity contribution < 1.29 is 23.8 Å². The van der Waals surface area contributed by atoms with Crippen molar-refractivity contribution >= 4 is 29.9 Å². The van der Waals surface area contributed by atoms with Crippen LogP contribution in [-0.4, -0.2) is 93.4 Å². The van der Waals surface area contributed by atoms with Gasteiger partial charge in [-0.25, -0.2) is 0 Å². The van der Waals surface area contributed by atoms with Crippen molar-refractivity contribution in [3.05, 3.63) is 24.3 Å². The molecule has 0 radical (unpaired) electrons. The van der Waals surface area contributed by atoms with Crippen molar-refractivity contribution in [2.75, 3.05) is 58.4 Å². The summed E-state index contributed by atoms with van der Waals surface area (Å²) in [5.41, 5.74) is 1.15. The zero-order valence-electron chi connectivity index (χ0n) is 21.4. The maximum Gasteiger partial charge on any atom is 0.233 e. The Labute approximate surface area is 215 Å². The maximum atomic E-state index is 13.0. The molecule has 8 nitrogen and oxygen atoms in total. The van der Waals surface area contributed by atoms with E-state index < -0.39 is 0 Å². The van der Waals surface area contributed by atoms with Crippen molar-refractivity contribution in [1.29, 1.82) is 0 Å². The molecule has 3 fully saturated rings. The summed E-state index contributed by atoms with van der Waals surface area (Å²) in [6, 6.07) is 8.23. The lowest BCUT2D eigenvalue weighted by Crippen LogP contribution is -2.47. The fourth-order valence-corrected chi connectivity index (χ4v) is 5.64. The first-order valence-electron chi connectivity index (χ1n) is 12.6. The minimum atomic E-state index is -0.263. The van der Waals surface area contributed by atoms with Gasteiger partial charge in [0.05, 0.1) is 35.8 Å². The second-order valence-corrected chi connectivity index (χ2v) is 9.88. The van der Waals surface area contributed by atoms with Crippen LogP contribution in [0.15, 0.2) is 24.3 Å². The molecule has 3 aliphatic rings. The first kappa shape index (κ1) is 27.7. The van der Waals surface area contributed by atoms with Crippen LogP contribution >= 0.6 is 12.4 Å². The van der Waals surface area contributed by atoms with Gasteiger partial charge in [-0.2, -0.15) is 0 Å². The number of para-hydroxylation sites is 2. The molecule has 4 rings (SSSR count). The van der Waals surface area contributed by atoms with Crippen molar-refractivity contribution in [2.24, 2.45) is 11.8 Å². The molecule has 1 aromatic rings. The smallest absolute Gasteiger partial charge is 0.233 e. The molecule has 0 spiro atoms. The summed E-state index contributed by atoms with van der Waals surface area (Å²) < 4.78 is 17.0. The molecule has 1 saturated carbocycles. The van der Waals surface area contributed by atoms with E-state index in [1.54, 1.807) is 14.2 Å². The molecule has 196 valence electrons. The van der Waals surface area contributed by atoms with E-state index in [0.29, 0.717) is 19.4 Å². The van der Waals surface area contributed by atoms with Gasteiger partial charge in [0, 0.05) is 46.9 Å². The molecule has 35 heavy (non-hydrogen) atoms. The minimum absolute atomic E-state index is 0. The fourth-order valence-electron chi connectivity index (χ4n) is 5.64. The van der Waals surface area contributed by atoms with Crippen molar-refractivity contribution in [2.45, 2.75) is 51.4 Å². The second-order valence-electron chi connectivity index (χ2n) is 9.88. The van der Waals surface area contributed by atoms with Gasteiger partial charge in [-0.05, 0) is 51.8 Å². The molecule has 2 heterocycles. The number of carbonyl (C=O) groups excluding carboxylic acids is 2. The van der Waals surface area contributed by atoms with Crippen LogP contribution in [-0.2, 0) is 19.1 Å². The van der Waals surface area contributed by atoms with E-state index >= 15 is 0 Å². The van der Waals surface area contributed by atoms with Crippen LogP contribution in [0.5, 0.6) is 5.75 Å². The molecule has 4 unspecified atom stereocenters. The number of halogens is 1. The number of nitrogens with zero attached hydrogens (tertiary/aromatic N) is 3. The van der Waals surface area contributed by atoms with E-state index in [0.717, 1.165) is 50.6 Å². The molecule has 0 N–H and O–H groups in total. The van der Waals surface area contributed by atoms with Crippen LogP contribution in [0.25, 0.3) is 0 Å². The highest BCUT2D eigenvalue weighted by Gasteiger charge is 2.52. The standard InChI is InChI=1S/C26H39N3O5.ClH/c1-18(2)34-22-9-6-5-8-21(22)28-14-12-27(13-15-28)10-7-11-29-25(30)19-16-23(32-3)24(33-4)17-20(19)26(29)31;/h5-6,8-9,18-20,23-24H,7,10-17H2,1-4H3;1H. The molecule has 9 heteroatoms. The van der Waals surface area contributed by atoms with E-state index in [4.69, 9.17) is 14.2 Å². The number of methoxy groups -OCH3 is 2. The minimum Gasteiger partial charge on any atom is -0.489 e. The van der Waals surface area contributed by atoms with Gasteiger partial charge in [0.25, 0.3) is 0 Å². The number of carbonyl (C=O) groups is 2. The Bertz CT molecular complexity index is 831. The van der Waals surface area contributed by atoms with E-state index in [1.165, 1.54) is 4.90 Å². The average molecular weight is 510 g/mol. The third-order valence-corrected chi connectivity index (χ3v) is 7.44. The molecule has 2 amide bonds. The van der Waals surface area contributed by atoms with Gasteiger partial charge in [-0.3, -0.25) is 19.4 Å². The third-order valence-electron chi connectivity index (χ3n) is 7.44. The van der Waals surface area contributed by atoms with Crippen LogP contribution in [0.1, 0.15) is 33.1 Å². The van der Waals surface area contributed by atoms with Gasteiger partial charge >= 0.3 is 0 Å². The molecule has 4 atom stereocenters. The van der Waals surface area contributed by atoms with Gasteiger partial charge in [-0.1, -0.05) is 12.1 Å². The number of ether oxygens (including phenoxy) is 3. The third kappa shape index (κ3) is 6.10. The summed E-state index contributed by atoms with van der Waals surface area (Å²) in [4.78, 5) is 32.2. The zero-order valence-corrected chi connectivity index (χ0v) is 22.2. The lowest BCUT2D eigenvalue weighted by Gasteiger charge is -2.37. The number of benzene rings is 1. The van der Waals surface area contributed by atoms with Gasteiger partial charge in [0.1, 0.15) is 5.75 Å². The number of amides is 2. The Morgan fingerprint density at radius 3 is 2.00 bits per heavy atom. The first-order chi connectivity index (χ1) is 16.4. The van der Waals surface area contributed by atoms with Gasteiger partial charge in [0.2, 0.25) is 11.8 Å². The lowest BCUT2D eigenvalue weighted by atomic mass is 9.78. The molecule has 0 bridgehead atoms. The molecule has 2 saturated heterocycles. The van der Waals surface area contributed by atoms with E-state index in [9.17, 15) is 9.59 Å². The molecule has 1 aliphatic carbocycles. The zero-order chi connectivity index (χ0) is 24.2. The number of anilines is 1. The molecule has 1 aromatic carbocycles. The van der Waals surface area contributed by atoms with Crippen LogP contribution in [0, 0.1) is 11.8 Å². The Balaban J connectivity index is 0.00000342. The van der Waals surface area contributed by atoms with E-state index in [1.807, 2.05) is 26.0 Å². The van der Waals surface area contributed by atoms with E-state index in [-0.39, 0.29) is 54.4 Å². The quantitative estimate of drug-likeness (QED) is 0.474. The predicted octanol–water partition coefficient (Wildman–Crippen LogP) is 2.83. The number of piperazine rings is 1. The number of imide groups is 1. The van der Waals surface area contributed by atoms with Crippen LogP contribution in [0.4, 0.5) is 5.69 Å². The van der Waals surface area contributed by atoms with Crippen molar-refractivity contribution in [1.82, 2.24) is 9.80 Å². The summed E-state index contributed by atoms with van der Waals surface area (Å²) in [6.07, 6.45) is 1.80. The van der Waals surface area contributed by atoms with Gasteiger partial charge in [-0.15, -0.1) is 12.4 Å². The number of hydrogen-bond acceptors (Lipinski definition) is 7. The molecular weight excluding hydrogens is 470 g/mol.